The summed E-state index contributed by atoms with van der Waals surface area (Å²) in [5.41, 5.74) is 1.24. The van der Waals surface area contributed by atoms with Gasteiger partial charge in [0, 0.05) is 17.6 Å². The van der Waals surface area contributed by atoms with Crippen molar-refractivity contribution in [2.75, 3.05) is 7.11 Å². The normalized spacial score (nSPS) is 11.4. The van der Waals surface area contributed by atoms with Crippen molar-refractivity contribution in [3.05, 3.63) is 86.3 Å². The summed E-state index contributed by atoms with van der Waals surface area (Å²) >= 11 is 6.11. The Morgan fingerprint density at radius 2 is 1.87 bits per heavy atom. The predicted molar refractivity (Wildman–Crippen MR) is 117 cm³/mol. The van der Waals surface area contributed by atoms with Crippen LogP contribution in [-0.2, 0) is 6.54 Å². The molecule has 0 bridgehead atoms. The van der Waals surface area contributed by atoms with Gasteiger partial charge in [-0.25, -0.2) is 14.3 Å². The van der Waals surface area contributed by atoms with Gasteiger partial charge in [0.1, 0.15) is 5.75 Å². The Morgan fingerprint density at radius 3 is 2.57 bits per heavy atom. The summed E-state index contributed by atoms with van der Waals surface area (Å²) in [5.74, 6) is 0.513. The summed E-state index contributed by atoms with van der Waals surface area (Å²) in [4.78, 5) is 31.1. The number of hydrogen-bond acceptors (Lipinski definition) is 4. The molecule has 0 saturated heterocycles. The Balaban J connectivity index is 2.05. The van der Waals surface area contributed by atoms with Crippen LogP contribution in [0, 0.1) is 0 Å². The summed E-state index contributed by atoms with van der Waals surface area (Å²) in [5, 5.41) is 0.613. The number of para-hydroxylation sites is 2. The second-order valence-electron chi connectivity index (χ2n) is 7.23. The first-order valence-electron chi connectivity index (χ1n) is 9.52. The molecule has 4 rings (SSSR count). The molecule has 2 heterocycles. The molecule has 30 heavy (non-hydrogen) atoms. The quantitative estimate of drug-likeness (QED) is 0.490. The number of nitrogens with zero attached hydrogens (tertiary/aromatic N) is 4. The van der Waals surface area contributed by atoms with Gasteiger partial charge in [-0.2, -0.15) is 0 Å². The SMILES string of the molecule is COc1ccccc1-n1c(=O)n(C(C)C)c(=O)c2c1ncn2Cc1cccc(Cl)c1. The van der Waals surface area contributed by atoms with Gasteiger partial charge in [-0.05, 0) is 43.7 Å². The standard InChI is InChI=1S/C22H21ClN4O3/c1-14(2)26-21(28)19-20(24-13-25(19)12-15-7-6-8-16(23)11-15)27(22(26)29)17-9-4-5-10-18(17)30-3/h4-11,13-14H,12H2,1-3H3. The summed E-state index contributed by atoms with van der Waals surface area (Å²) in [6.07, 6.45) is 1.57. The molecule has 0 aliphatic rings. The fourth-order valence-electron chi connectivity index (χ4n) is 3.59. The number of halogens is 1. The summed E-state index contributed by atoms with van der Waals surface area (Å²) in [7, 11) is 1.54. The third-order valence-corrected chi connectivity index (χ3v) is 5.17. The number of aromatic nitrogens is 4. The molecule has 4 aromatic rings. The van der Waals surface area contributed by atoms with Crippen molar-refractivity contribution in [3.63, 3.8) is 0 Å². The second-order valence-corrected chi connectivity index (χ2v) is 7.67. The van der Waals surface area contributed by atoms with Gasteiger partial charge in [0.2, 0.25) is 0 Å². The highest BCUT2D eigenvalue weighted by Crippen LogP contribution is 2.24. The molecule has 0 saturated carbocycles. The van der Waals surface area contributed by atoms with E-state index in [1.54, 1.807) is 42.9 Å². The Hall–Kier alpha value is -3.32. The van der Waals surface area contributed by atoms with Gasteiger partial charge < -0.3 is 9.30 Å². The van der Waals surface area contributed by atoms with Crippen LogP contribution in [-0.4, -0.2) is 25.8 Å². The maximum Gasteiger partial charge on any atom is 0.337 e. The molecule has 2 aromatic carbocycles. The van der Waals surface area contributed by atoms with E-state index in [0.717, 1.165) is 5.56 Å². The number of fused-ring (bicyclic) bond motifs is 1. The second kappa shape index (κ2) is 7.84. The van der Waals surface area contributed by atoms with Crippen LogP contribution in [0.3, 0.4) is 0 Å². The van der Waals surface area contributed by atoms with Crippen LogP contribution >= 0.6 is 11.6 Å². The minimum Gasteiger partial charge on any atom is -0.495 e. The number of methoxy groups -OCH3 is 1. The van der Waals surface area contributed by atoms with Crippen molar-refractivity contribution in [2.45, 2.75) is 26.4 Å². The van der Waals surface area contributed by atoms with Crippen LogP contribution in [0.1, 0.15) is 25.5 Å². The average molecular weight is 425 g/mol. The molecule has 0 aliphatic heterocycles. The smallest absolute Gasteiger partial charge is 0.337 e. The van der Waals surface area contributed by atoms with Crippen molar-refractivity contribution in [3.8, 4) is 11.4 Å². The molecule has 8 heteroatoms. The van der Waals surface area contributed by atoms with E-state index < -0.39 is 5.69 Å². The van der Waals surface area contributed by atoms with Crippen LogP contribution in [0.2, 0.25) is 5.02 Å². The van der Waals surface area contributed by atoms with Gasteiger partial charge in [0.15, 0.2) is 11.2 Å². The number of imidazole rings is 1. The van der Waals surface area contributed by atoms with Gasteiger partial charge >= 0.3 is 5.69 Å². The van der Waals surface area contributed by atoms with Crippen molar-refractivity contribution in [2.24, 2.45) is 0 Å². The Morgan fingerprint density at radius 1 is 1.10 bits per heavy atom. The summed E-state index contributed by atoms with van der Waals surface area (Å²) < 4.78 is 9.87. The maximum atomic E-state index is 13.3. The molecule has 0 unspecified atom stereocenters. The van der Waals surface area contributed by atoms with Crippen LogP contribution in [0.4, 0.5) is 0 Å². The molecular formula is C22H21ClN4O3. The lowest BCUT2D eigenvalue weighted by atomic mass is 10.2. The zero-order valence-electron chi connectivity index (χ0n) is 16.9. The van der Waals surface area contributed by atoms with Crippen LogP contribution < -0.4 is 16.0 Å². The molecule has 0 radical (unpaired) electrons. The topological polar surface area (TPSA) is 71.1 Å². The Kier molecular flexibility index (Phi) is 5.22. The molecule has 0 atom stereocenters. The van der Waals surface area contributed by atoms with Gasteiger partial charge in [-0.1, -0.05) is 35.9 Å². The van der Waals surface area contributed by atoms with E-state index in [0.29, 0.717) is 28.5 Å². The molecule has 7 nitrogen and oxygen atoms in total. The summed E-state index contributed by atoms with van der Waals surface area (Å²) in [6.45, 7) is 4.01. The predicted octanol–water partition coefficient (Wildman–Crippen LogP) is 3.64. The van der Waals surface area contributed by atoms with Crippen molar-refractivity contribution in [1.82, 2.24) is 18.7 Å². The first kappa shape index (κ1) is 20.0. The number of benzene rings is 2. The highest BCUT2D eigenvalue weighted by Gasteiger charge is 2.22. The minimum atomic E-state index is -0.458. The highest BCUT2D eigenvalue weighted by molar-refractivity contribution is 6.30. The zero-order chi connectivity index (χ0) is 21.4. The van der Waals surface area contributed by atoms with Gasteiger partial charge in [0.05, 0.1) is 19.1 Å². The minimum absolute atomic E-state index is 0.286. The third-order valence-electron chi connectivity index (χ3n) is 4.93. The first-order chi connectivity index (χ1) is 14.4. The fourth-order valence-corrected chi connectivity index (χ4v) is 3.80. The van der Waals surface area contributed by atoms with E-state index >= 15 is 0 Å². The van der Waals surface area contributed by atoms with E-state index in [1.807, 2.05) is 30.3 Å². The number of ether oxygens (including phenoxy) is 1. The Labute approximate surface area is 177 Å². The number of hydrogen-bond donors (Lipinski definition) is 0. The van der Waals surface area contributed by atoms with Crippen molar-refractivity contribution in [1.29, 1.82) is 0 Å². The first-order valence-corrected chi connectivity index (χ1v) is 9.90. The lowest BCUT2D eigenvalue weighted by molar-refractivity contribution is 0.412. The highest BCUT2D eigenvalue weighted by atomic mass is 35.5. The zero-order valence-corrected chi connectivity index (χ0v) is 17.6. The summed E-state index contributed by atoms with van der Waals surface area (Å²) in [6, 6.07) is 14.2. The lowest BCUT2D eigenvalue weighted by Gasteiger charge is -2.16. The monoisotopic (exact) mass is 424 g/mol. The van der Waals surface area contributed by atoms with E-state index in [1.165, 1.54) is 16.2 Å². The molecular weight excluding hydrogens is 404 g/mol. The molecule has 2 aromatic heterocycles. The molecule has 0 amide bonds. The number of rotatable bonds is 5. The van der Waals surface area contributed by atoms with E-state index in [2.05, 4.69) is 4.98 Å². The lowest BCUT2D eigenvalue weighted by Crippen LogP contribution is -2.41. The van der Waals surface area contributed by atoms with Gasteiger partial charge in [-0.3, -0.25) is 9.36 Å². The van der Waals surface area contributed by atoms with Crippen LogP contribution in [0.25, 0.3) is 16.9 Å². The van der Waals surface area contributed by atoms with Crippen LogP contribution in [0.5, 0.6) is 5.75 Å². The molecule has 0 fully saturated rings. The maximum absolute atomic E-state index is 13.3. The van der Waals surface area contributed by atoms with Crippen molar-refractivity contribution >= 4 is 22.8 Å². The molecule has 0 N–H and O–H groups in total. The van der Waals surface area contributed by atoms with Crippen LogP contribution in [0.15, 0.2) is 64.4 Å². The average Bonchev–Trinajstić information content (AvgIpc) is 3.11. The third kappa shape index (κ3) is 3.31. The molecule has 0 spiro atoms. The molecule has 154 valence electrons. The van der Waals surface area contributed by atoms with Gasteiger partial charge in [-0.15, -0.1) is 0 Å². The Bertz CT molecular complexity index is 1350. The van der Waals surface area contributed by atoms with E-state index in [-0.39, 0.29) is 17.2 Å². The largest absolute Gasteiger partial charge is 0.495 e. The van der Waals surface area contributed by atoms with E-state index in [4.69, 9.17) is 16.3 Å². The fraction of sp³-hybridized carbons (Fsp3) is 0.227. The molecule has 0 aliphatic carbocycles. The van der Waals surface area contributed by atoms with Crippen molar-refractivity contribution < 1.29 is 4.74 Å². The van der Waals surface area contributed by atoms with E-state index in [9.17, 15) is 9.59 Å². The van der Waals surface area contributed by atoms with Gasteiger partial charge in [0.25, 0.3) is 5.56 Å².